The smallest absolute Gasteiger partial charge is 0.416 e. The molecule has 0 fully saturated rings. The van der Waals surface area contributed by atoms with Gasteiger partial charge in [0, 0.05) is 5.56 Å². The molecule has 0 aliphatic rings. The first-order valence-electron chi connectivity index (χ1n) is 9.41. The second-order valence-electron chi connectivity index (χ2n) is 6.72. The van der Waals surface area contributed by atoms with Gasteiger partial charge in [0.15, 0.2) is 6.61 Å². The predicted octanol–water partition coefficient (Wildman–Crippen LogP) is 5.74. The van der Waals surface area contributed by atoms with Gasteiger partial charge in [-0.25, -0.2) is 9.78 Å². The Hall–Kier alpha value is -3.07. The third-order valence-electron chi connectivity index (χ3n) is 4.44. The van der Waals surface area contributed by atoms with Crippen LogP contribution in [0, 0.1) is 6.92 Å². The maximum absolute atomic E-state index is 12.8. The van der Waals surface area contributed by atoms with Gasteiger partial charge in [-0.1, -0.05) is 19.1 Å². The molecule has 0 unspecified atom stereocenters. The van der Waals surface area contributed by atoms with Crippen molar-refractivity contribution in [1.82, 2.24) is 4.98 Å². The topological polar surface area (TPSA) is 68.7 Å². The highest BCUT2D eigenvalue weighted by Gasteiger charge is 2.30. The number of ether oxygens (including phenoxy) is 2. The largest absolute Gasteiger partial charge is 0.488 e. The summed E-state index contributed by atoms with van der Waals surface area (Å²) in [5, 5.41) is 9.35. The maximum atomic E-state index is 12.8. The number of aliphatic carboxylic acids is 1. The first-order chi connectivity index (χ1) is 14.7. The van der Waals surface area contributed by atoms with Crippen LogP contribution in [-0.2, 0) is 24.0 Å². The fraction of sp³-hybridized carbons (Fsp3) is 0.273. The average Bonchev–Trinajstić information content (AvgIpc) is 3.14. The number of carbonyl (C=O) groups is 1. The molecule has 5 nitrogen and oxygen atoms in total. The molecule has 0 amide bonds. The van der Waals surface area contributed by atoms with Crippen molar-refractivity contribution in [1.29, 1.82) is 0 Å². The Bertz CT molecular complexity index is 1060. The molecule has 0 radical (unpaired) electrons. The second kappa shape index (κ2) is 9.38. The van der Waals surface area contributed by atoms with Crippen molar-refractivity contribution >= 4 is 17.3 Å². The molecule has 31 heavy (non-hydrogen) atoms. The van der Waals surface area contributed by atoms with Crippen molar-refractivity contribution in [2.24, 2.45) is 0 Å². The summed E-state index contributed by atoms with van der Waals surface area (Å²) >= 11 is 1.38. The van der Waals surface area contributed by atoms with Gasteiger partial charge in [0.1, 0.15) is 23.1 Å². The van der Waals surface area contributed by atoms with Crippen molar-refractivity contribution in [2.75, 3.05) is 6.61 Å². The van der Waals surface area contributed by atoms with Gasteiger partial charge in [-0.15, -0.1) is 11.3 Å². The van der Waals surface area contributed by atoms with Crippen LogP contribution in [0.1, 0.15) is 28.6 Å². The number of rotatable bonds is 8. The van der Waals surface area contributed by atoms with Crippen LogP contribution in [0.25, 0.3) is 10.6 Å². The highest BCUT2D eigenvalue weighted by atomic mass is 32.1. The molecule has 3 aromatic rings. The highest BCUT2D eigenvalue weighted by molar-refractivity contribution is 7.15. The lowest BCUT2D eigenvalue weighted by Crippen LogP contribution is -2.10. The van der Waals surface area contributed by atoms with Crippen LogP contribution in [0.3, 0.4) is 0 Å². The summed E-state index contributed by atoms with van der Waals surface area (Å²) in [7, 11) is 0. The highest BCUT2D eigenvalue weighted by Crippen LogP contribution is 2.34. The molecule has 2 aromatic carbocycles. The fourth-order valence-corrected chi connectivity index (χ4v) is 3.93. The normalized spacial score (nSPS) is 11.4. The zero-order valence-electron chi connectivity index (χ0n) is 16.8. The number of thiazole rings is 1. The summed E-state index contributed by atoms with van der Waals surface area (Å²) in [5.74, 6) is -0.000970. The molecule has 0 saturated carbocycles. The van der Waals surface area contributed by atoms with Gasteiger partial charge in [0.25, 0.3) is 0 Å². The molecule has 1 heterocycles. The SMILES string of the molecule is CCc1nc(-c2ccc(C(F)(F)F)cc2)sc1COc1ccc(OCC(=O)O)c(C)c1. The van der Waals surface area contributed by atoms with E-state index in [9.17, 15) is 18.0 Å². The monoisotopic (exact) mass is 451 g/mol. The number of nitrogens with zero attached hydrogens (tertiary/aromatic N) is 1. The number of hydrogen-bond acceptors (Lipinski definition) is 5. The number of benzene rings is 2. The molecule has 0 saturated heterocycles. The lowest BCUT2D eigenvalue weighted by atomic mass is 10.1. The lowest BCUT2D eigenvalue weighted by molar-refractivity contribution is -0.139. The molecule has 0 aliphatic carbocycles. The molecule has 0 atom stereocenters. The standard InChI is InChI=1S/C22H20F3NO4S/c1-3-17-19(11-29-16-8-9-18(13(2)10-16)30-12-20(27)28)31-21(26-17)14-4-6-15(7-5-14)22(23,24)25/h4-10H,3,11-12H2,1-2H3,(H,27,28). The minimum Gasteiger partial charge on any atom is -0.488 e. The second-order valence-corrected chi connectivity index (χ2v) is 7.80. The molecular weight excluding hydrogens is 431 g/mol. The summed E-state index contributed by atoms with van der Waals surface area (Å²) in [6, 6.07) is 10.0. The summed E-state index contributed by atoms with van der Waals surface area (Å²) in [5.41, 5.74) is 1.50. The van der Waals surface area contributed by atoms with Crippen molar-refractivity contribution in [3.63, 3.8) is 0 Å². The number of aryl methyl sites for hydroxylation is 2. The van der Waals surface area contributed by atoms with E-state index in [2.05, 4.69) is 4.98 Å². The average molecular weight is 451 g/mol. The molecule has 0 bridgehead atoms. The first-order valence-corrected chi connectivity index (χ1v) is 10.2. The molecule has 1 aromatic heterocycles. The summed E-state index contributed by atoms with van der Waals surface area (Å²) in [4.78, 5) is 16.1. The molecular formula is C22H20F3NO4S. The van der Waals surface area contributed by atoms with Crippen molar-refractivity contribution < 1.29 is 32.5 Å². The summed E-state index contributed by atoms with van der Waals surface area (Å²) in [6.07, 6.45) is -3.71. The van der Waals surface area contributed by atoms with Crippen LogP contribution >= 0.6 is 11.3 Å². The van der Waals surface area contributed by atoms with E-state index in [-0.39, 0.29) is 6.61 Å². The van der Waals surface area contributed by atoms with Crippen molar-refractivity contribution in [3.05, 3.63) is 64.2 Å². The maximum Gasteiger partial charge on any atom is 0.416 e. The molecule has 3 rings (SSSR count). The van der Waals surface area contributed by atoms with E-state index in [0.717, 1.165) is 28.3 Å². The third kappa shape index (κ3) is 5.75. The van der Waals surface area contributed by atoms with Gasteiger partial charge in [-0.3, -0.25) is 0 Å². The third-order valence-corrected chi connectivity index (χ3v) is 5.56. The Morgan fingerprint density at radius 3 is 2.42 bits per heavy atom. The molecule has 0 aliphatic heterocycles. The van der Waals surface area contributed by atoms with E-state index >= 15 is 0 Å². The lowest BCUT2D eigenvalue weighted by Gasteiger charge is -2.10. The van der Waals surface area contributed by atoms with E-state index < -0.39 is 24.3 Å². The number of aromatic nitrogens is 1. The quantitative estimate of drug-likeness (QED) is 0.473. The summed E-state index contributed by atoms with van der Waals surface area (Å²) in [6.45, 7) is 3.58. The van der Waals surface area contributed by atoms with E-state index in [0.29, 0.717) is 28.5 Å². The van der Waals surface area contributed by atoms with E-state index in [4.69, 9.17) is 14.6 Å². The fourth-order valence-electron chi connectivity index (χ4n) is 2.86. The Kier molecular flexibility index (Phi) is 6.84. The van der Waals surface area contributed by atoms with Crippen LogP contribution in [0.15, 0.2) is 42.5 Å². The van der Waals surface area contributed by atoms with E-state index in [1.54, 1.807) is 25.1 Å². The van der Waals surface area contributed by atoms with Crippen LogP contribution in [0.5, 0.6) is 11.5 Å². The minimum absolute atomic E-state index is 0.260. The van der Waals surface area contributed by atoms with Gasteiger partial charge < -0.3 is 14.6 Å². The van der Waals surface area contributed by atoms with Gasteiger partial charge in [-0.2, -0.15) is 13.2 Å². The number of halogens is 3. The van der Waals surface area contributed by atoms with Gasteiger partial charge in [0.2, 0.25) is 0 Å². The molecule has 9 heteroatoms. The zero-order valence-corrected chi connectivity index (χ0v) is 17.6. The first kappa shape index (κ1) is 22.6. The Morgan fingerprint density at radius 2 is 1.84 bits per heavy atom. The molecule has 164 valence electrons. The Balaban J connectivity index is 1.72. The van der Waals surface area contributed by atoms with Gasteiger partial charge in [0.05, 0.1) is 16.1 Å². The molecule has 1 N–H and O–H groups in total. The Labute approximate surface area is 181 Å². The van der Waals surface area contributed by atoms with Crippen LogP contribution < -0.4 is 9.47 Å². The van der Waals surface area contributed by atoms with Crippen LogP contribution in [0.4, 0.5) is 13.2 Å². The predicted molar refractivity (Wildman–Crippen MR) is 111 cm³/mol. The Morgan fingerprint density at radius 1 is 1.13 bits per heavy atom. The number of carboxylic acids is 1. The van der Waals surface area contributed by atoms with Crippen molar-refractivity contribution in [2.45, 2.75) is 33.1 Å². The van der Waals surface area contributed by atoms with Crippen LogP contribution in [0.2, 0.25) is 0 Å². The molecule has 0 spiro atoms. The number of alkyl halides is 3. The van der Waals surface area contributed by atoms with E-state index in [1.165, 1.54) is 23.5 Å². The number of carboxylic acid groups (broad SMARTS) is 1. The number of hydrogen-bond donors (Lipinski definition) is 1. The van der Waals surface area contributed by atoms with Crippen molar-refractivity contribution in [3.8, 4) is 22.1 Å². The minimum atomic E-state index is -4.37. The van der Waals surface area contributed by atoms with Gasteiger partial charge in [-0.05, 0) is 49.2 Å². The zero-order chi connectivity index (χ0) is 22.6. The van der Waals surface area contributed by atoms with Gasteiger partial charge >= 0.3 is 12.1 Å². The van der Waals surface area contributed by atoms with Crippen LogP contribution in [-0.4, -0.2) is 22.7 Å². The summed E-state index contributed by atoms with van der Waals surface area (Å²) < 4.78 is 49.4. The van der Waals surface area contributed by atoms with E-state index in [1.807, 2.05) is 6.92 Å².